The number of hydrogen-bond donors (Lipinski definition) is 0. The Bertz CT molecular complexity index is 746. The van der Waals surface area contributed by atoms with E-state index in [0.717, 1.165) is 38.0 Å². The van der Waals surface area contributed by atoms with E-state index in [1.165, 1.54) is 0 Å². The number of amides is 1. The normalized spacial score (nSPS) is 23.4. The zero-order valence-corrected chi connectivity index (χ0v) is 14.3. The Hall–Kier alpha value is -2.11. The highest BCUT2D eigenvalue weighted by Gasteiger charge is 2.52. The third-order valence-corrected chi connectivity index (χ3v) is 5.44. The van der Waals surface area contributed by atoms with Gasteiger partial charge in [-0.25, -0.2) is 9.50 Å². The van der Waals surface area contributed by atoms with Crippen LogP contribution in [-0.4, -0.2) is 45.1 Å². The molecule has 128 valence electrons. The number of fused-ring (bicyclic) bond motifs is 1. The highest BCUT2D eigenvalue weighted by atomic mass is 16.5. The summed E-state index contributed by atoms with van der Waals surface area (Å²) in [5.74, 6) is 1.71. The molecule has 0 bridgehead atoms. The molecule has 0 radical (unpaired) electrons. The van der Waals surface area contributed by atoms with Gasteiger partial charge in [-0.05, 0) is 36.7 Å². The molecule has 1 saturated heterocycles. The molecule has 1 aliphatic heterocycles. The average Bonchev–Trinajstić information content (AvgIpc) is 3.00. The maximum atomic E-state index is 12.4. The Morgan fingerprint density at radius 1 is 1.33 bits per heavy atom. The van der Waals surface area contributed by atoms with Crippen LogP contribution in [0.5, 0.6) is 5.88 Å². The van der Waals surface area contributed by atoms with Crippen molar-refractivity contribution in [2.24, 2.45) is 17.3 Å². The van der Waals surface area contributed by atoms with Gasteiger partial charge >= 0.3 is 0 Å². The first kappa shape index (κ1) is 15.4. The van der Waals surface area contributed by atoms with E-state index in [1.807, 2.05) is 23.2 Å². The summed E-state index contributed by atoms with van der Waals surface area (Å²) < 4.78 is 7.56. The van der Waals surface area contributed by atoms with Crippen molar-refractivity contribution in [3.8, 4) is 5.88 Å². The van der Waals surface area contributed by atoms with Crippen molar-refractivity contribution >= 4 is 11.6 Å². The lowest BCUT2D eigenvalue weighted by Crippen LogP contribution is -2.41. The van der Waals surface area contributed by atoms with Crippen LogP contribution in [-0.2, 0) is 4.79 Å². The van der Waals surface area contributed by atoms with E-state index in [9.17, 15) is 4.79 Å². The first-order valence-corrected chi connectivity index (χ1v) is 8.75. The smallest absolute Gasteiger partial charge is 0.231 e. The summed E-state index contributed by atoms with van der Waals surface area (Å²) in [5.41, 5.74) is 1.03. The number of carbonyl (C=O) groups is 1. The standard InChI is InChI=1S/C18H24N4O2/c1-18(2)11-14(18)17(23)21-8-5-13(6-9-21)12-24-16-4-3-15-19-7-10-22(15)20-16/h3-4,7,10,13-14H,5-6,8-9,11-12H2,1-2H3. The zero-order chi connectivity index (χ0) is 16.7. The molecule has 1 amide bonds. The number of piperidine rings is 1. The van der Waals surface area contributed by atoms with Crippen LogP contribution in [0.25, 0.3) is 5.65 Å². The molecule has 3 heterocycles. The summed E-state index contributed by atoms with van der Waals surface area (Å²) in [5, 5.41) is 4.38. The van der Waals surface area contributed by atoms with Crippen molar-refractivity contribution in [1.82, 2.24) is 19.5 Å². The number of rotatable bonds is 4. The fourth-order valence-electron chi connectivity index (χ4n) is 3.51. The van der Waals surface area contributed by atoms with E-state index in [1.54, 1.807) is 10.7 Å². The van der Waals surface area contributed by atoms with Crippen LogP contribution in [0, 0.1) is 17.3 Å². The molecule has 2 aromatic rings. The summed E-state index contributed by atoms with van der Waals surface area (Å²) in [4.78, 5) is 18.7. The predicted molar refractivity (Wildman–Crippen MR) is 89.7 cm³/mol. The molecule has 0 aromatic carbocycles. The summed E-state index contributed by atoms with van der Waals surface area (Å²) in [6, 6.07) is 3.76. The average molecular weight is 328 g/mol. The van der Waals surface area contributed by atoms with Crippen LogP contribution >= 0.6 is 0 Å². The van der Waals surface area contributed by atoms with E-state index in [2.05, 4.69) is 23.9 Å². The first-order valence-electron chi connectivity index (χ1n) is 8.75. The Morgan fingerprint density at radius 3 is 2.79 bits per heavy atom. The Kier molecular flexibility index (Phi) is 3.70. The second-order valence-electron chi connectivity index (χ2n) is 7.73. The maximum absolute atomic E-state index is 12.4. The van der Waals surface area contributed by atoms with Crippen LogP contribution in [0.15, 0.2) is 24.5 Å². The van der Waals surface area contributed by atoms with Gasteiger partial charge in [-0.1, -0.05) is 13.8 Å². The molecule has 2 aliphatic rings. The van der Waals surface area contributed by atoms with Gasteiger partial charge in [0, 0.05) is 37.5 Å². The number of likely N-dealkylation sites (tertiary alicyclic amines) is 1. The molecule has 6 nitrogen and oxygen atoms in total. The van der Waals surface area contributed by atoms with E-state index in [4.69, 9.17) is 4.74 Å². The molecule has 4 rings (SSSR count). The lowest BCUT2D eigenvalue weighted by atomic mass is 9.97. The molecule has 0 spiro atoms. The van der Waals surface area contributed by atoms with Crippen molar-refractivity contribution in [3.63, 3.8) is 0 Å². The second kappa shape index (κ2) is 5.76. The quantitative estimate of drug-likeness (QED) is 0.865. The first-order chi connectivity index (χ1) is 11.5. The van der Waals surface area contributed by atoms with Crippen molar-refractivity contribution in [2.45, 2.75) is 33.1 Å². The third-order valence-electron chi connectivity index (χ3n) is 5.44. The van der Waals surface area contributed by atoms with Crippen LogP contribution in [0.3, 0.4) is 0 Å². The number of nitrogens with zero attached hydrogens (tertiary/aromatic N) is 4. The molecule has 6 heteroatoms. The third kappa shape index (κ3) is 2.97. The topological polar surface area (TPSA) is 59.7 Å². The summed E-state index contributed by atoms with van der Waals surface area (Å²) in [7, 11) is 0. The van der Waals surface area contributed by atoms with E-state index in [-0.39, 0.29) is 11.3 Å². The van der Waals surface area contributed by atoms with Crippen molar-refractivity contribution in [2.75, 3.05) is 19.7 Å². The summed E-state index contributed by atoms with van der Waals surface area (Å²) in [6.45, 7) is 6.73. The molecule has 2 aromatic heterocycles. The number of aromatic nitrogens is 3. The summed E-state index contributed by atoms with van der Waals surface area (Å²) in [6.07, 6.45) is 6.58. The molecular formula is C18H24N4O2. The molecule has 1 aliphatic carbocycles. The monoisotopic (exact) mass is 328 g/mol. The zero-order valence-electron chi connectivity index (χ0n) is 14.3. The van der Waals surface area contributed by atoms with Gasteiger partial charge in [-0.15, -0.1) is 5.10 Å². The lowest BCUT2D eigenvalue weighted by molar-refractivity contribution is -0.134. The molecule has 1 saturated carbocycles. The minimum absolute atomic E-state index is 0.217. The highest BCUT2D eigenvalue weighted by Crippen LogP contribution is 2.52. The molecule has 1 atom stereocenters. The van der Waals surface area contributed by atoms with Gasteiger partial charge < -0.3 is 9.64 Å². The predicted octanol–water partition coefficient (Wildman–Crippen LogP) is 2.39. The van der Waals surface area contributed by atoms with E-state index >= 15 is 0 Å². The molecule has 0 N–H and O–H groups in total. The fraction of sp³-hybridized carbons (Fsp3) is 0.611. The Balaban J connectivity index is 1.26. The van der Waals surface area contributed by atoms with E-state index < -0.39 is 0 Å². The minimum Gasteiger partial charge on any atom is -0.476 e. The van der Waals surface area contributed by atoms with Gasteiger partial charge in [0.05, 0.1) is 6.61 Å². The van der Waals surface area contributed by atoms with Crippen LogP contribution in [0.4, 0.5) is 0 Å². The maximum Gasteiger partial charge on any atom is 0.231 e. The SMILES string of the molecule is CC1(C)CC1C(=O)N1CCC(COc2ccc3nccn3n2)CC1. The number of carbonyl (C=O) groups excluding carboxylic acids is 1. The van der Waals surface area contributed by atoms with Gasteiger partial charge in [0.25, 0.3) is 0 Å². The van der Waals surface area contributed by atoms with Crippen molar-refractivity contribution < 1.29 is 9.53 Å². The highest BCUT2D eigenvalue weighted by molar-refractivity contribution is 5.82. The van der Waals surface area contributed by atoms with Gasteiger partial charge in [-0.3, -0.25) is 4.79 Å². The Morgan fingerprint density at radius 2 is 2.08 bits per heavy atom. The van der Waals surface area contributed by atoms with Gasteiger partial charge in [0.1, 0.15) is 0 Å². The van der Waals surface area contributed by atoms with Gasteiger partial charge in [0.2, 0.25) is 11.8 Å². The molecule has 24 heavy (non-hydrogen) atoms. The number of hydrogen-bond acceptors (Lipinski definition) is 4. The fourth-order valence-corrected chi connectivity index (χ4v) is 3.51. The lowest BCUT2D eigenvalue weighted by Gasteiger charge is -2.32. The summed E-state index contributed by atoms with van der Waals surface area (Å²) >= 11 is 0. The van der Waals surface area contributed by atoms with Gasteiger partial charge in [-0.2, -0.15) is 0 Å². The number of ether oxygens (including phenoxy) is 1. The van der Waals surface area contributed by atoms with Crippen LogP contribution in [0.2, 0.25) is 0 Å². The van der Waals surface area contributed by atoms with Gasteiger partial charge in [0.15, 0.2) is 5.65 Å². The van der Waals surface area contributed by atoms with E-state index in [0.29, 0.717) is 24.3 Å². The Labute approximate surface area is 141 Å². The largest absolute Gasteiger partial charge is 0.476 e. The molecular weight excluding hydrogens is 304 g/mol. The molecule has 1 unspecified atom stereocenters. The van der Waals surface area contributed by atoms with Crippen molar-refractivity contribution in [3.05, 3.63) is 24.5 Å². The minimum atomic E-state index is 0.217. The number of imidazole rings is 1. The van der Waals surface area contributed by atoms with Crippen LogP contribution in [0.1, 0.15) is 33.1 Å². The van der Waals surface area contributed by atoms with Crippen LogP contribution < -0.4 is 4.74 Å². The second-order valence-corrected chi connectivity index (χ2v) is 7.73. The van der Waals surface area contributed by atoms with Crippen molar-refractivity contribution in [1.29, 1.82) is 0 Å². The molecule has 2 fully saturated rings.